The van der Waals surface area contributed by atoms with Crippen LogP contribution in [0.1, 0.15) is 29.7 Å². The van der Waals surface area contributed by atoms with Crippen molar-refractivity contribution in [1.29, 1.82) is 0 Å². The highest BCUT2D eigenvalue weighted by Crippen LogP contribution is 2.31. The summed E-state index contributed by atoms with van der Waals surface area (Å²) < 4.78 is 6.21. The quantitative estimate of drug-likeness (QED) is 0.442. The first-order valence-corrected chi connectivity index (χ1v) is 9.82. The molecule has 3 nitrogen and oxygen atoms in total. The van der Waals surface area contributed by atoms with Crippen molar-refractivity contribution in [2.75, 3.05) is 12.4 Å². The third-order valence-electron chi connectivity index (χ3n) is 4.42. The maximum atomic E-state index is 10.8. The molecule has 3 aromatic rings. The van der Waals surface area contributed by atoms with Crippen molar-refractivity contribution in [3.05, 3.63) is 93.4 Å². The minimum atomic E-state index is -0.612. The first-order chi connectivity index (χ1) is 13.0. The largest absolute Gasteiger partial charge is 0.497 e. The molecule has 0 amide bonds. The Labute approximate surface area is 173 Å². The van der Waals surface area contributed by atoms with Crippen molar-refractivity contribution in [3.63, 3.8) is 0 Å². The normalized spacial score (nSPS) is 13.0. The lowest BCUT2D eigenvalue weighted by Crippen LogP contribution is -2.15. The minimum Gasteiger partial charge on any atom is -0.497 e. The summed E-state index contributed by atoms with van der Waals surface area (Å²) in [5.74, 6) is 0.771. The maximum absolute atomic E-state index is 10.8. The van der Waals surface area contributed by atoms with Crippen molar-refractivity contribution >= 4 is 33.2 Å². The smallest absolute Gasteiger partial charge is 0.118 e. The predicted molar refractivity (Wildman–Crippen MR) is 115 cm³/mol. The lowest BCUT2D eigenvalue weighted by Gasteiger charge is -2.24. The number of aliphatic hydroxyl groups is 1. The van der Waals surface area contributed by atoms with E-state index in [1.807, 2.05) is 72.8 Å². The minimum absolute atomic E-state index is 0.0689. The van der Waals surface area contributed by atoms with Gasteiger partial charge in [0.1, 0.15) is 5.75 Å². The number of halogens is 2. The molecule has 2 atom stereocenters. The fourth-order valence-electron chi connectivity index (χ4n) is 2.91. The van der Waals surface area contributed by atoms with Crippen LogP contribution >= 0.6 is 27.5 Å². The lowest BCUT2D eigenvalue weighted by molar-refractivity contribution is 0.160. The molecular weight excluding hydrogens is 426 g/mol. The third-order valence-corrected chi connectivity index (χ3v) is 5.20. The summed E-state index contributed by atoms with van der Waals surface area (Å²) in [7, 11) is 1.63. The second kappa shape index (κ2) is 9.27. The Morgan fingerprint density at radius 1 is 0.926 bits per heavy atom. The molecule has 0 aromatic heterocycles. The molecule has 27 heavy (non-hydrogen) atoms. The van der Waals surface area contributed by atoms with Gasteiger partial charge in [0, 0.05) is 21.6 Å². The van der Waals surface area contributed by atoms with Crippen molar-refractivity contribution in [1.82, 2.24) is 0 Å². The number of methoxy groups -OCH3 is 1. The van der Waals surface area contributed by atoms with E-state index in [-0.39, 0.29) is 6.04 Å². The zero-order chi connectivity index (χ0) is 19.2. The standard InChI is InChI=1S/C22H21BrClNO2/c1-27-20-12-4-16(5-13-20)22(26)14-21(15-2-8-18(24)9-3-15)25-19-10-6-17(23)7-11-19/h2-13,21-22,25-26H,14H2,1H3. The molecule has 2 unspecified atom stereocenters. The van der Waals surface area contributed by atoms with Gasteiger partial charge >= 0.3 is 0 Å². The molecule has 0 aliphatic carbocycles. The number of nitrogens with one attached hydrogen (secondary N) is 1. The summed E-state index contributed by atoms with van der Waals surface area (Å²) in [6.45, 7) is 0. The molecule has 2 N–H and O–H groups in total. The van der Waals surface area contributed by atoms with Crippen molar-refractivity contribution in [3.8, 4) is 5.75 Å². The SMILES string of the molecule is COc1ccc(C(O)CC(Nc2ccc(Br)cc2)c2ccc(Cl)cc2)cc1. The van der Waals surface area contributed by atoms with Gasteiger partial charge in [-0.25, -0.2) is 0 Å². The van der Waals surface area contributed by atoms with E-state index >= 15 is 0 Å². The predicted octanol–water partition coefficient (Wildman–Crippen LogP) is 6.39. The Morgan fingerprint density at radius 3 is 2.11 bits per heavy atom. The second-order valence-electron chi connectivity index (χ2n) is 6.28. The second-order valence-corrected chi connectivity index (χ2v) is 7.63. The molecule has 0 bridgehead atoms. The number of hydrogen-bond acceptors (Lipinski definition) is 3. The van der Waals surface area contributed by atoms with Crippen LogP contribution in [0.4, 0.5) is 5.69 Å². The van der Waals surface area contributed by atoms with E-state index in [1.54, 1.807) is 7.11 Å². The molecule has 0 radical (unpaired) electrons. The number of anilines is 1. The molecule has 3 aromatic carbocycles. The fourth-order valence-corrected chi connectivity index (χ4v) is 3.30. The van der Waals surface area contributed by atoms with Crippen molar-refractivity contribution in [2.24, 2.45) is 0 Å². The zero-order valence-electron chi connectivity index (χ0n) is 14.9. The van der Waals surface area contributed by atoms with Crippen LogP contribution < -0.4 is 10.1 Å². The lowest BCUT2D eigenvalue weighted by atomic mass is 9.96. The van der Waals surface area contributed by atoms with Gasteiger partial charge in [0.2, 0.25) is 0 Å². The van der Waals surface area contributed by atoms with Gasteiger partial charge in [0.25, 0.3) is 0 Å². The maximum Gasteiger partial charge on any atom is 0.118 e. The van der Waals surface area contributed by atoms with Crippen LogP contribution in [0.3, 0.4) is 0 Å². The number of benzene rings is 3. The molecule has 0 saturated heterocycles. The summed E-state index contributed by atoms with van der Waals surface area (Å²) in [5.41, 5.74) is 2.90. The van der Waals surface area contributed by atoms with Crippen molar-refractivity contribution < 1.29 is 9.84 Å². The van der Waals surface area contributed by atoms with Crippen LogP contribution in [-0.2, 0) is 0 Å². The first kappa shape index (κ1) is 19.7. The summed E-state index contributed by atoms with van der Waals surface area (Å²) in [6.07, 6.45) is -0.0937. The van der Waals surface area contributed by atoms with E-state index in [0.717, 1.165) is 27.0 Å². The molecule has 0 aliphatic rings. The van der Waals surface area contributed by atoms with Crippen LogP contribution in [0.25, 0.3) is 0 Å². The Kier molecular flexibility index (Phi) is 6.78. The Bertz CT molecular complexity index is 851. The molecule has 0 fully saturated rings. The molecule has 3 rings (SSSR count). The number of aliphatic hydroxyl groups excluding tert-OH is 1. The summed E-state index contributed by atoms with van der Waals surface area (Å²) in [5, 5.41) is 15.0. The summed E-state index contributed by atoms with van der Waals surface area (Å²) in [4.78, 5) is 0. The number of hydrogen-bond donors (Lipinski definition) is 2. The first-order valence-electron chi connectivity index (χ1n) is 8.65. The molecule has 5 heteroatoms. The molecular formula is C22H21BrClNO2. The molecule has 0 heterocycles. The van der Waals surface area contributed by atoms with Crippen molar-refractivity contribution in [2.45, 2.75) is 18.6 Å². The van der Waals surface area contributed by atoms with Crippen LogP contribution in [0.2, 0.25) is 5.02 Å². The van der Waals surface area contributed by atoms with Crippen LogP contribution in [0.5, 0.6) is 5.75 Å². The highest BCUT2D eigenvalue weighted by atomic mass is 79.9. The zero-order valence-corrected chi connectivity index (χ0v) is 17.2. The Hall–Kier alpha value is -2.01. The van der Waals surface area contributed by atoms with Crippen LogP contribution in [-0.4, -0.2) is 12.2 Å². The van der Waals surface area contributed by atoms with Gasteiger partial charge in [-0.2, -0.15) is 0 Å². The van der Waals surface area contributed by atoms with E-state index < -0.39 is 6.10 Å². The van der Waals surface area contributed by atoms with Crippen LogP contribution in [0, 0.1) is 0 Å². The van der Waals surface area contributed by atoms with Gasteiger partial charge in [-0.1, -0.05) is 51.8 Å². The summed E-state index contributed by atoms with van der Waals surface area (Å²) in [6, 6.07) is 23.1. The van der Waals surface area contributed by atoms with Gasteiger partial charge in [0.15, 0.2) is 0 Å². The van der Waals surface area contributed by atoms with E-state index in [2.05, 4.69) is 21.2 Å². The molecule has 140 valence electrons. The number of ether oxygens (including phenoxy) is 1. The highest BCUT2D eigenvalue weighted by molar-refractivity contribution is 9.10. The van der Waals surface area contributed by atoms with E-state index in [9.17, 15) is 5.11 Å². The Balaban J connectivity index is 1.81. The van der Waals surface area contributed by atoms with E-state index in [0.29, 0.717) is 11.4 Å². The topological polar surface area (TPSA) is 41.5 Å². The summed E-state index contributed by atoms with van der Waals surface area (Å²) >= 11 is 9.49. The molecule has 0 aliphatic heterocycles. The van der Waals surface area contributed by atoms with Gasteiger partial charge in [0.05, 0.1) is 19.3 Å². The van der Waals surface area contributed by atoms with E-state index in [1.165, 1.54) is 0 Å². The average Bonchev–Trinajstić information content (AvgIpc) is 2.70. The highest BCUT2D eigenvalue weighted by Gasteiger charge is 2.18. The van der Waals surface area contributed by atoms with Gasteiger partial charge < -0.3 is 15.2 Å². The van der Waals surface area contributed by atoms with Gasteiger partial charge in [-0.3, -0.25) is 0 Å². The average molecular weight is 447 g/mol. The molecule has 0 spiro atoms. The molecule has 0 saturated carbocycles. The van der Waals surface area contributed by atoms with Gasteiger partial charge in [-0.05, 0) is 59.7 Å². The number of rotatable bonds is 7. The third kappa shape index (κ3) is 5.48. The van der Waals surface area contributed by atoms with Gasteiger partial charge in [-0.15, -0.1) is 0 Å². The van der Waals surface area contributed by atoms with E-state index in [4.69, 9.17) is 16.3 Å². The monoisotopic (exact) mass is 445 g/mol. The fraction of sp³-hybridized carbons (Fsp3) is 0.182. The Morgan fingerprint density at radius 2 is 1.52 bits per heavy atom. The van der Waals surface area contributed by atoms with Crippen LogP contribution in [0.15, 0.2) is 77.3 Å².